The number of aryl methyl sites for hydroxylation is 1. The average molecular weight is 327 g/mol. The lowest BCUT2D eigenvalue weighted by atomic mass is 9.86. The zero-order valence-corrected chi connectivity index (χ0v) is 14.6. The van der Waals surface area contributed by atoms with Crippen LogP contribution in [0.2, 0.25) is 0 Å². The molecule has 1 aromatic rings. The van der Waals surface area contributed by atoms with Crippen LogP contribution in [0.4, 0.5) is 0 Å². The van der Waals surface area contributed by atoms with Crippen molar-refractivity contribution in [3.05, 3.63) is 18.0 Å². The van der Waals surface area contributed by atoms with Crippen LogP contribution >= 0.6 is 0 Å². The number of hydrogen-bond donors (Lipinski definition) is 0. The molecule has 1 aliphatic heterocycles. The molecule has 0 saturated carbocycles. The van der Waals surface area contributed by atoms with Gasteiger partial charge in [0.2, 0.25) is 5.91 Å². The van der Waals surface area contributed by atoms with Crippen molar-refractivity contribution in [3.8, 4) is 0 Å². The molecule has 2 rings (SSSR count). The first-order chi connectivity index (χ1) is 10.1. The van der Waals surface area contributed by atoms with Gasteiger partial charge in [-0.1, -0.05) is 20.8 Å². The van der Waals surface area contributed by atoms with E-state index in [1.165, 1.54) is 0 Å². The van der Waals surface area contributed by atoms with Gasteiger partial charge in [-0.25, -0.2) is 8.42 Å². The van der Waals surface area contributed by atoms with Gasteiger partial charge in [-0.2, -0.15) is 5.10 Å². The minimum Gasteiger partial charge on any atom is -0.337 e. The van der Waals surface area contributed by atoms with Crippen LogP contribution in [0.15, 0.2) is 12.3 Å². The number of nitrogens with zero attached hydrogens (tertiary/aromatic N) is 3. The molecule has 1 fully saturated rings. The third-order valence-electron chi connectivity index (χ3n) is 4.10. The van der Waals surface area contributed by atoms with Crippen LogP contribution in [0, 0.1) is 5.41 Å². The fourth-order valence-corrected chi connectivity index (χ4v) is 4.56. The Kier molecular flexibility index (Phi) is 4.65. The first-order valence-electron chi connectivity index (χ1n) is 7.64. The summed E-state index contributed by atoms with van der Waals surface area (Å²) >= 11 is 0. The van der Waals surface area contributed by atoms with Crippen LogP contribution in [0.25, 0.3) is 0 Å². The third kappa shape index (κ3) is 3.88. The maximum absolute atomic E-state index is 12.6. The smallest absolute Gasteiger partial charge is 0.228 e. The van der Waals surface area contributed by atoms with Crippen molar-refractivity contribution in [2.45, 2.75) is 46.7 Å². The number of sulfone groups is 1. The Morgan fingerprint density at radius 1 is 1.41 bits per heavy atom. The molecule has 0 radical (unpaired) electrons. The first-order valence-corrected chi connectivity index (χ1v) is 9.47. The molecule has 1 aliphatic rings. The summed E-state index contributed by atoms with van der Waals surface area (Å²) in [5.74, 6) is 0.0524. The summed E-state index contributed by atoms with van der Waals surface area (Å²) in [5.41, 5.74) is 0.458. The molecule has 124 valence electrons. The second-order valence-corrected chi connectivity index (χ2v) is 9.15. The summed E-state index contributed by atoms with van der Waals surface area (Å²) in [6, 6.07) is 1.56. The number of amides is 1. The molecule has 1 aromatic heterocycles. The number of hydrogen-bond acceptors (Lipinski definition) is 4. The molecule has 7 heteroatoms. The van der Waals surface area contributed by atoms with Gasteiger partial charge >= 0.3 is 0 Å². The zero-order chi connectivity index (χ0) is 16.5. The maximum Gasteiger partial charge on any atom is 0.228 e. The van der Waals surface area contributed by atoms with Crippen molar-refractivity contribution in [1.82, 2.24) is 14.7 Å². The molecule has 0 aliphatic carbocycles. The quantitative estimate of drug-likeness (QED) is 0.834. The molecular weight excluding hydrogens is 302 g/mol. The van der Waals surface area contributed by atoms with Crippen molar-refractivity contribution in [2.75, 3.05) is 18.1 Å². The van der Waals surface area contributed by atoms with Gasteiger partial charge in [0.25, 0.3) is 0 Å². The van der Waals surface area contributed by atoms with Crippen molar-refractivity contribution in [1.29, 1.82) is 0 Å². The van der Waals surface area contributed by atoms with Crippen molar-refractivity contribution in [2.24, 2.45) is 5.41 Å². The Hall–Kier alpha value is -1.37. The molecule has 6 nitrogen and oxygen atoms in total. The first kappa shape index (κ1) is 17.0. The van der Waals surface area contributed by atoms with E-state index in [9.17, 15) is 13.2 Å². The largest absolute Gasteiger partial charge is 0.337 e. The lowest BCUT2D eigenvalue weighted by molar-refractivity contribution is -0.134. The molecule has 1 saturated heterocycles. The Morgan fingerprint density at radius 3 is 2.64 bits per heavy atom. The van der Waals surface area contributed by atoms with Crippen LogP contribution in [-0.4, -0.2) is 53.1 Å². The average Bonchev–Trinajstić information content (AvgIpc) is 2.84. The summed E-state index contributed by atoms with van der Waals surface area (Å²) in [5, 5.41) is 4.33. The van der Waals surface area contributed by atoms with Crippen LogP contribution < -0.4 is 0 Å². The molecule has 1 atom stereocenters. The molecule has 0 N–H and O–H groups in total. The number of carbonyl (C=O) groups excluding carboxylic acids is 1. The summed E-state index contributed by atoms with van der Waals surface area (Å²) in [6.45, 7) is 8.96. The van der Waals surface area contributed by atoms with E-state index in [1.54, 1.807) is 9.58 Å². The molecule has 0 bridgehead atoms. The topological polar surface area (TPSA) is 72.3 Å². The zero-order valence-electron chi connectivity index (χ0n) is 13.7. The van der Waals surface area contributed by atoms with Gasteiger partial charge in [-0.3, -0.25) is 9.48 Å². The molecular formula is C15H25N3O3S. The van der Waals surface area contributed by atoms with E-state index in [2.05, 4.69) is 5.10 Å². The van der Waals surface area contributed by atoms with Gasteiger partial charge in [0.15, 0.2) is 9.84 Å². The SMILES string of the molecule is CCn1ccc(CC(=O)N2CCS(=O)(=O)CC2C(C)(C)C)n1. The fraction of sp³-hybridized carbons (Fsp3) is 0.733. The van der Waals surface area contributed by atoms with Gasteiger partial charge in [-0.05, 0) is 18.4 Å². The standard InChI is InChI=1S/C15H25N3O3S/c1-5-17-7-6-12(16-17)10-14(19)18-8-9-22(20,21)11-13(18)15(2,3)4/h6-7,13H,5,8-11H2,1-4H3. The molecule has 1 unspecified atom stereocenters. The lowest BCUT2D eigenvalue weighted by Gasteiger charge is -2.43. The Bertz CT molecular complexity index is 643. The van der Waals surface area contributed by atoms with Crippen LogP contribution in [0.1, 0.15) is 33.4 Å². The normalized spacial score (nSPS) is 21.8. The highest BCUT2D eigenvalue weighted by Gasteiger charge is 2.40. The predicted octanol–water partition coefficient (Wildman–Crippen LogP) is 1.12. The van der Waals surface area contributed by atoms with E-state index in [4.69, 9.17) is 0 Å². The van der Waals surface area contributed by atoms with Gasteiger partial charge in [-0.15, -0.1) is 0 Å². The molecule has 22 heavy (non-hydrogen) atoms. The highest BCUT2D eigenvalue weighted by atomic mass is 32.2. The number of carbonyl (C=O) groups is 1. The second-order valence-electron chi connectivity index (χ2n) is 6.92. The van der Waals surface area contributed by atoms with Gasteiger partial charge in [0.1, 0.15) is 0 Å². The Morgan fingerprint density at radius 2 is 2.09 bits per heavy atom. The van der Waals surface area contributed by atoms with Crippen molar-refractivity contribution in [3.63, 3.8) is 0 Å². The Balaban J connectivity index is 2.16. The monoisotopic (exact) mass is 327 g/mol. The van der Waals surface area contributed by atoms with Crippen LogP contribution in [0.5, 0.6) is 0 Å². The van der Waals surface area contributed by atoms with Crippen molar-refractivity contribution < 1.29 is 13.2 Å². The van der Waals surface area contributed by atoms with Gasteiger partial charge in [0, 0.05) is 19.3 Å². The molecule has 1 amide bonds. The highest BCUT2D eigenvalue weighted by molar-refractivity contribution is 7.91. The second kappa shape index (κ2) is 6.02. The van der Waals surface area contributed by atoms with Gasteiger partial charge in [0.05, 0.1) is 29.7 Å². The van der Waals surface area contributed by atoms with E-state index >= 15 is 0 Å². The molecule has 2 heterocycles. The minimum absolute atomic E-state index is 0.0452. The number of rotatable bonds is 3. The van der Waals surface area contributed by atoms with E-state index < -0.39 is 9.84 Å². The fourth-order valence-electron chi connectivity index (χ4n) is 2.75. The minimum atomic E-state index is -3.07. The van der Waals surface area contributed by atoms with Crippen LogP contribution in [0.3, 0.4) is 0 Å². The van der Waals surface area contributed by atoms with E-state index in [0.29, 0.717) is 0 Å². The highest BCUT2D eigenvalue weighted by Crippen LogP contribution is 2.29. The molecule has 0 spiro atoms. The van der Waals surface area contributed by atoms with E-state index in [1.807, 2.05) is 40.0 Å². The summed E-state index contributed by atoms with van der Waals surface area (Å²) in [7, 11) is -3.07. The summed E-state index contributed by atoms with van der Waals surface area (Å²) in [6.07, 6.45) is 2.07. The van der Waals surface area contributed by atoms with E-state index in [-0.39, 0.29) is 41.8 Å². The van der Waals surface area contributed by atoms with E-state index in [0.717, 1.165) is 12.2 Å². The van der Waals surface area contributed by atoms with Gasteiger partial charge < -0.3 is 4.90 Å². The predicted molar refractivity (Wildman–Crippen MR) is 85.2 cm³/mol. The lowest BCUT2D eigenvalue weighted by Crippen LogP contribution is -2.56. The van der Waals surface area contributed by atoms with Crippen LogP contribution in [-0.2, 0) is 27.6 Å². The summed E-state index contributed by atoms with van der Waals surface area (Å²) in [4.78, 5) is 14.3. The Labute approximate surface area is 132 Å². The van der Waals surface area contributed by atoms with Crippen molar-refractivity contribution >= 4 is 15.7 Å². The third-order valence-corrected chi connectivity index (χ3v) is 5.73. The summed E-state index contributed by atoms with van der Waals surface area (Å²) < 4.78 is 25.6. The maximum atomic E-state index is 12.6. The molecule has 0 aromatic carbocycles. The number of aromatic nitrogens is 2.